The largest absolute Gasteiger partial charge is 0.394 e. The number of aliphatic hydroxyl groups is 1. The highest BCUT2D eigenvalue weighted by Gasteiger charge is 2.30. The van der Waals surface area contributed by atoms with Gasteiger partial charge < -0.3 is 15.2 Å². The maximum absolute atomic E-state index is 9.92. The maximum Gasteiger partial charge on any atom is 0.0691 e. The van der Waals surface area contributed by atoms with Gasteiger partial charge in [0.2, 0.25) is 0 Å². The van der Waals surface area contributed by atoms with Crippen LogP contribution in [-0.2, 0) is 10.3 Å². The van der Waals surface area contributed by atoms with Gasteiger partial charge in [-0.05, 0) is 31.4 Å². The summed E-state index contributed by atoms with van der Waals surface area (Å²) in [5.41, 5.74) is 0.706. The summed E-state index contributed by atoms with van der Waals surface area (Å²) >= 11 is 0. The van der Waals surface area contributed by atoms with Gasteiger partial charge in [-0.1, -0.05) is 51.1 Å². The van der Waals surface area contributed by atoms with Crippen molar-refractivity contribution in [2.45, 2.75) is 45.8 Å². The maximum atomic E-state index is 9.92. The van der Waals surface area contributed by atoms with Crippen molar-refractivity contribution in [1.82, 2.24) is 5.32 Å². The first-order chi connectivity index (χ1) is 9.55. The van der Waals surface area contributed by atoms with Crippen molar-refractivity contribution in [2.75, 3.05) is 19.8 Å². The van der Waals surface area contributed by atoms with Gasteiger partial charge in [0.15, 0.2) is 0 Å². The van der Waals surface area contributed by atoms with E-state index < -0.39 is 5.54 Å². The SMILES string of the molecule is CCNC(CO)(CCOC(C)C(C)C)c1ccccc1. The van der Waals surface area contributed by atoms with Crippen LogP contribution in [0.15, 0.2) is 30.3 Å². The highest BCUT2D eigenvalue weighted by molar-refractivity contribution is 5.24. The van der Waals surface area contributed by atoms with Crippen molar-refractivity contribution in [1.29, 1.82) is 0 Å². The van der Waals surface area contributed by atoms with Crippen LogP contribution in [0.25, 0.3) is 0 Å². The summed E-state index contributed by atoms with van der Waals surface area (Å²) in [5.74, 6) is 0.509. The van der Waals surface area contributed by atoms with E-state index in [2.05, 4.69) is 45.1 Å². The fourth-order valence-corrected chi connectivity index (χ4v) is 2.27. The Morgan fingerprint density at radius 2 is 1.85 bits per heavy atom. The molecule has 3 heteroatoms. The van der Waals surface area contributed by atoms with Crippen LogP contribution in [0.3, 0.4) is 0 Å². The van der Waals surface area contributed by atoms with Crippen molar-refractivity contribution in [3.05, 3.63) is 35.9 Å². The second-order valence-corrected chi connectivity index (χ2v) is 5.71. The number of nitrogens with one attached hydrogen (secondary N) is 1. The molecule has 20 heavy (non-hydrogen) atoms. The summed E-state index contributed by atoms with van der Waals surface area (Å²) in [6.45, 7) is 10.0. The normalized spacial score (nSPS) is 16.1. The predicted molar refractivity (Wildman–Crippen MR) is 83.8 cm³/mol. The fourth-order valence-electron chi connectivity index (χ4n) is 2.27. The molecule has 0 fully saturated rings. The molecule has 0 bridgehead atoms. The van der Waals surface area contributed by atoms with E-state index in [1.807, 2.05) is 18.2 Å². The van der Waals surface area contributed by atoms with Crippen molar-refractivity contribution < 1.29 is 9.84 Å². The van der Waals surface area contributed by atoms with Crippen LogP contribution in [0.5, 0.6) is 0 Å². The molecular weight excluding hydrogens is 250 g/mol. The van der Waals surface area contributed by atoms with Gasteiger partial charge >= 0.3 is 0 Å². The van der Waals surface area contributed by atoms with Crippen LogP contribution in [0.1, 0.15) is 39.7 Å². The molecule has 2 N–H and O–H groups in total. The van der Waals surface area contributed by atoms with E-state index in [0.29, 0.717) is 12.5 Å². The quantitative estimate of drug-likeness (QED) is 0.730. The van der Waals surface area contributed by atoms with Crippen LogP contribution in [0.2, 0.25) is 0 Å². The third kappa shape index (κ3) is 4.58. The standard InChI is InChI=1S/C17H29NO2/c1-5-18-17(13-19,16-9-7-6-8-10-16)11-12-20-15(4)14(2)3/h6-10,14-15,18-19H,5,11-13H2,1-4H3. The fraction of sp³-hybridized carbons (Fsp3) is 0.647. The molecule has 0 aliphatic rings. The number of ether oxygens (including phenoxy) is 1. The van der Waals surface area contributed by atoms with E-state index in [-0.39, 0.29) is 12.7 Å². The highest BCUT2D eigenvalue weighted by atomic mass is 16.5. The summed E-state index contributed by atoms with van der Waals surface area (Å²) in [6.07, 6.45) is 1.00. The molecule has 0 saturated heterocycles. The molecule has 0 radical (unpaired) electrons. The Kier molecular flexibility index (Phi) is 7.20. The van der Waals surface area contributed by atoms with E-state index in [1.165, 1.54) is 0 Å². The van der Waals surface area contributed by atoms with Crippen LogP contribution >= 0.6 is 0 Å². The lowest BCUT2D eigenvalue weighted by Crippen LogP contribution is -2.46. The van der Waals surface area contributed by atoms with Crippen molar-refractivity contribution in [2.24, 2.45) is 5.92 Å². The molecule has 0 saturated carbocycles. The van der Waals surface area contributed by atoms with Crippen LogP contribution < -0.4 is 5.32 Å². The molecule has 0 heterocycles. The highest BCUT2D eigenvalue weighted by Crippen LogP contribution is 2.25. The van der Waals surface area contributed by atoms with Gasteiger partial charge in [-0.25, -0.2) is 0 Å². The van der Waals surface area contributed by atoms with Gasteiger partial charge in [0, 0.05) is 6.61 Å². The van der Waals surface area contributed by atoms with Gasteiger partial charge in [-0.3, -0.25) is 0 Å². The zero-order chi connectivity index (χ0) is 15.0. The van der Waals surface area contributed by atoms with Crippen LogP contribution in [0, 0.1) is 5.92 Å². The first-order valence-corrected chi connectivity index (χ1v) is 7.58. The lowest BCUT2D eigenvalue weighted by molar-refractivity contribution is 0.0136. The number of likely N-dealkylation sites (N-methyl/N-ethyl adjacent to an activating group) is 1. The lowest BCUT2D eigenvalue weighted by Gasteiger charge is -2.34. The molecule has 0 aliphatic heterocycles. The molecule has 2 atom stereocenters. The number of hydrogen-bond donors (Lipinski definition) is 2. The Hall–Kier alpha value is -0.900. The van der Waals surface area contributed by atoms with Crippen molar-refractivity contribution >= 4 is 0 Å². The topological polar surface area (TPSA) is 41.5 Å². The third-order valence-corrected chi connectivity index (χ3v) is 3.96. The minimum Gasteiger partial charge on any atom is -0.394 e. The van der Waals surface area contributed by atoms with Crippen molar-refractivity contribution in [3.63, 3.8) is 0 Å². The van der Waals surface area contributed by atoms with Gasteiger partial charge in [-0.15, -0.1) is 0 Å². The minimum atomic E-state index is -0.410. The summed E-state index contributed by atoms with van der Waals surface area (Å²) in [7, 11) is 0. The van der Waals surface area contributed by atoms with E-state index in [4.69, 9.17) is 4.74 Å². The molecule has 0 aliphatic carbocycles. The Morgan fingerprint density at radius 3 is 2.35 bits per heavy atom. The number of hydrogen-bond acceptors (Lipinski definition) is 3. The summed E-state index contributed by atoms with van der Waals surface area (Å²) < 4.78 is 5.88. The molecule has 1 aromatic rings. The van der Waals surface area contributed by atoms with E-state index >= 15 is 0 Å². The minimum absolute atomic E-state index is 0.0737. The Labute approximate surface area is 123 Å². The smallest absolute Gasteiger partial charge is 0.0691 e. The second-order valence-electron chi connectivity index (χ2n) is 5.71. The molecule has 1 rings (SSSR count). The predicted octanol–water partition coefficient (Wildman–Crippen LogP) is 2.93. The average molecular weight is 279 g/mol. The molecule has 0 spiro atoms. The van der Waals surface area contributed by atoms with Gasteiger partial charge in [0.1, 0.15) is 0 Å². The van der Waals surface area contributed by atoms with Gasteiger partial charge in [0.25, 0.3) is 0 Å². The number of aliphatic hydroxyl groups excluding tert-OH is 1. The molecule has 114 valence electrons. The Morgan fingerprint density at radius 1 is 1.20 bits per heavy atom. The summed E-state index contributed by atoms with van der Waals surface area (Å²) in [4.78, 5) is 0. The zero-order valence-corrected chi connectivity index (χ0v) is 13.2. The third-order valence-electron chi connectivity index (χ3n) is 3.96. The Balaban J connectivity index is 2.74. The summed E-state index contributed by atoms with van der Waals surface area (Å²) in [5, 5.41) is 13.4. The summed E-state index contributed by atoms with van der Waals surface area (Å²) in [6, 6.07) is 10.1. The molecular formula is C17H29NO2. The first kappa shape index (κ1) is 17.2. The Bertz CT molecular complexity index is 367. The number of rotatable bonds is 9. The molecule has 2 unspecified atom stereocenters. The monoisotopic (exact) mass is 279 g/mol. The van der Waals surface area contributed by atoms with E-state index in [0.717, 1.165) is 18.5 Å². The second kappa shape index (κ2) is 8.40. The average Bonchev–Trinajstić information content (AvgIpc) is 2.47. The van der Waals surface area contributed by atoms with E-state index in [9.17, 15) is 5.11 Å². The number of benzene rings is 1. The zero-order valence-electron chi connectivity index (χ0n) is 13.2. The molecule has 3 nitrogen and oxygen atoms in total. The molecule has 0 amide bonds. The van der Waals surface area contributed by atoms with Crippen LogP contribution in [0.4, 0.5) is 0 Å². The van der Waals surface area contributed by atoms with Gasteiger partial charge in [-0.2, -0.15) is 0 Å². The molecule has 0 aromatic heterocycles. The van der Waals surface area contributed by atoms with Crippen molar-refractivity contribution in [3.8, 4) is 0 Å². The van der Waals surface area contributed by atoms with E-state index in [1.54, 1.807) is 0 Å². The van der Waals surface area contributed by atoms with Crippen LogP contribution in [-0.4, -0.2) is 31.0 Å². The van der Waals surface area contributed by atoms with Gasteiger partial charge in [0.05, 0.1) is 18.2 Å². The first-order valence-electron chi connectivity index (χ1n) is 7.58. The molecule has 1 aromatic carbocycles. The lowest BCUT2D eigenvalue weighted by atomic mass is 9.87.